The van der Waals surface area contributed by atoms with E-state index in [1.165, 1.54) is 0 Å². The molecule has 0 aliphatic carbocycles. The summed E-state index contributed by atoms with van der Waals surface area (Å²) in [4.78, 5) is 31.1. The third-order valence-corrected chi connectivity index (χ3v) is 6.53. The predicted octanol–water partition coefficient (Wildman–Crippen LogP) is 1.58. The lowest BCUT2D eigenvalue weighted by Crippen LogP contribution is -2.21. The fraction of sp³-hybridized carbons (Fsp3) is 0.294. The fourth-order valence-electron chi connectivity index (χ4n) is 3.68. The minimum Gasteiger partial charge on any atom is -0.344 e. The minimum absolute atomic E-state index is 0.00368. The van der Waals surface area contributed by atoms with Crippen LogP contribution in [0.2, 0.25) is 0 Å². The lowest BCUT2D eigenvalue weighted by atomic mass is 9.94. The Bertz CT molecular complexity index is 1200. The lowest BCUT2D eigenvalue weighted by molar-refractivity contribution is 0.601. The van der Waals surface area contributed by atoms with Crippen molar-refractivity contribution in [1.29, 1.82) is 0 Å². The number of pyridine rings is 2. The number of nitrogens with one attached hydrogen (secondary N) is 2. The Kier molecular flexibility index (Phi) is 3.18. The van der Waals surface area contributed by atoms with E-state index in [0.29, 0.717) is 39.5 Å². The second kappa shape index (κ2) is 5.04. The minimum atomic E-state index is -3.09. The molecule has 6 nitrogen and oxygen atoms in total. The van der Waals surface area contributed by atoms with Gasteiger partial charge in [0.05, 0.1) is 16.9 Å². The highest BCUT2D eigenvalue weighted by Crippen LogP contribution is 2.30. The van der Waals surface area contributed by atoms with E-state index >= 15 is 0 Å². The molecule has 1 atom stereocenters. The molecule has 1 aliphatic rings. The van der Waals surface area contributed by atoms with E-state index < -0.39 is 9.84 Å². The van der Waals surface area contributed by atoms with Crippen LogP contribution in [0.3, 0.4) is 0 Å². The molecule has 0 bridgehead atoms. The largest absolute Gasteiger partial charge is 0.344 e. The third kappa shape index (κ3) is 2.19. The summed E-state index contributed by atoms with van der Waals surface area (Å²) in [5.74, 6) is -0.182. The Morgan fingerprint density at radius 1 is 1.08 bits per heavy atom. The molecule has 3 aromatic rings. The fourth-order valence-corrected chi connectivity index (χ4v) is 5.44. The Balaban J connectivity index is 2.11. The van der Waals surface area contributed by atoms with Gasteiger partial charge in [0.1, 0.15) is 5.65 Å². The molecule has 3 heterocycles. The lowest BCUT2D eigenvalue weighted by Gasteiger charge is -2.13. The molecule has 0 saturated carbocycles. The first-order valence-electron chi connectivity index (χ1n) is 7.75. The maximum absolute atomic E-state index is 13.1. The number of aryl methyl sites for hydroxylation is 1. The highest BCUT2D eigenvalue weighted by atomic mass is 32.2. The summed E-state index contributed by atoms with van der Waals surface area (Å²) in [7, 11) is -3.09. The van der Waals surface area contributed by atoms with E-state index in [9.17, 15) is 18.0 Å². The number of fused-ring (bicyclic) bond motifs is 3. The molecule has 1 aliphatic heterocycles. The van der Waals surface area contributed by atoms with Crippen LogP contribution in [0.5, 0.6) is 0 Å². The number of benzene rings is 1. The molecular formula is C17H16N2O4S. The molecular weight excluding hydrogens is 328 g/mol. The monoisotopic (exact) mass is 344 g/mol. The smallest absolute Gasteiger partial charge is 0.257 e. The summed E-state index contributed by atoms with van der Waals surface area (Å²) >= 11 is 0. The number of aromatic amines is 2. The summed E-state index contributed by atoms with van der Waals surface area (Å²) < 4.78 is 23.6. The van der Waals surface area contributed by atoms with E-state index in [0.717, 1.165) is 0 Å². The molecule has 0 amide bonds. The molecule has 24 heavy (non-hydrogen) atoms. The van der Waals surface area contributed by atoms with Crippen molar-refractivity contribution in [2.75, 3.05) is 11.5 Å². The quantitative estimate of drug-likeness (QED) is 0.655. The summed E-state index contributed by atoms with van der Waals surface area (Å²) in [6, 6.07) is 6.94. The van der Waals surface area contributed by atoms with Crippen LogP contribution in [0.4, 0.5) is 0 Å². The van der Waals surface area contributed by atoms with Crippen molar-refractivity contribution in [2.24, 2.45) is 0 Å². The van der Waals surface area contributed by atoms with Gasteiger partial charge >= 0.3 is 0 Å². The Hall–Kier alpha value is -2.41. The van der Waals surface area contributed by atoms with Gasteiger partial charge in [-0.25, -0.2) is 8.42 Å². The number of sulfone groups is 1. The molecule has 2 N–H and O–H groups in total. The molecule has 1 fully saturated rings. The van der Waals surface area contributed by atoms with Crippen molar-refractivity contribution in [3.63, 3.8) is 0 Å². The standard InChI is InChI=1S/C17H16N2O4S/c1-9-13(10-6-7-24(22,23)8-10)15(20)14-11-4-2-3-5-12(11)17(21)19-16(14)18-9/h2-5,10H,6-8H2,1H3,(H2,18,19,20,21). The van der Waals surface area contributed by atoms with Crippen LogP contribution in [-0.4, -0.2) is 29.9 Å². The average molecular weight is 344 g/mol. The van der Waals surface area contributed by atoms with Gasteiger partial charge in [-0.1, -0.05) is 18.2 Å². The van der Waals surface area contributed by atoms with Gasteiger partial charge in [0.25, 0.3) is 5.56 Å². The zero-order valence-corrected chi connectivity index (χ0v) is 13.9. The summed E-state index contributed by atoms with van der Waals surface area (Å²) in [5, 5.41) is 1.44. The molecule has 1 saturated heterocycles. The molecule has 1 unspecified atom stereocenters. The first-order chi connectivity index (χ1) is 11.4. The van der Waals surface area contributed by atoms with Crippen LogP contribution >= 0.6 is 0 Å². The van der Waals surface area contributed by atoms with Gasteiger partial charge in [0.2, 0.25) is 0 Å². The SMILES string of the molecule is Cc1[nH]c2[nH]c(=O)c3ccccc3c2c(=O)c1C1CCS(=O)(=O)C1. The summed E-state index contributed by atoms with van der Waals surface area (Å²) in [5.41, 5.74) is 1.05. The van der Waals surface area contributed by atoms with Crippen molar-refractivity contribution in [2.45, 2.75) is 19.3 Å². The van der Waals surface area contributed by atoms with Crippen LogP contribution in [-0.2, 0) is 9.84 Å². The molecule has 4 rings (SSSR count). The Labute approximate surface area is 137 Å². The predicted molar refractivity (Wildman–Crippen MR) is 93.4 cm³/mol. The van der Waals surface area contributed by atoms with Gasteiger partial charge in [-0.2, -0.15) is 0 Å². The maximum Gasteiger partial charge on any atom is 0.257 e. The number of H-pyrrole nitrogens is 2. The average Bonchev–Trinajstić information content (AvgIpc) is 2.87. The van der Waals surface area contributed by atoms with E-state index in [1.807, 2.05) is 0 Å². The Morgan fingerprint density at radius 3 is 2.46 bits per heavy atom. The van der Waals surface area contributed by atoms with E-state index in [1.54, 1.807) is 31.2 Å². The molecule has 7 heteroatoms. The molecule has 1 aromatic carbocycles. The molecule has 124 valence electrons. The number of rotatable bonds is 1. The van der Waals surface area contributed by atoms with E-state index in [-0.39, 0.29) is 28.4 Å². The Morgan fingerprint density at radius 2 is 1.79 bits per heavy atom. The molecule has 0 radical (unpaired) electrons. The van der Waals surface area contributed by atoms with Crippen molar-refractivity contribution in [3.05, 3.63) is 56.1 Å². The van der Waals surface area contributed by atoms with Gasteiger partial charge in [-0.05, 0) is 19.4 Å². The van der Waals surface area contributed by atoms with Crippen molar-refractivity contribution >= 4 is 31.6 Å². The second-order valence-electron chi connectivity index (χ2n) is 6.34. The highest BCUT2D eigenvalue weighted by molar-refractivity contribution is 7.91. The zero-order chi connectivity index (χ0) is 17.1. The first kappa shape index (κ1) is 15.1. The molecule has 2 aromatic heterocycles. The third-order valence-electron chi connectivity index (χ3n) is 4.76. The van der Waals surface area contributed by atoms with Gasteiger partial charge in [-0.3, -0.25) is 9.59 Å². The van der Waals surface area contributed by atoms with Crippen LogP contribution in [0.15, 0.2) is 33.9 Å². The van der Waals surface area contributed by atoms with Crippen molar-refractivity contribution in [1.82, 2.24) is 9.97 Å². The van der Waals surface area contributed by atoms with Crippen molar-refractivity contribution < 1.29 is 8.42 Å². The normalized spacial score (nSPS) is 20.0. The topological polar surface area (TPSA) is 99.9 Å². The van der Waals surface area contributed by atoms with Gasteiger partial charge in [-0.15, -0.1) is 0 Å². The number of hydrogen-bond acceptors (Lipinski definition) is 4. The first-order valence-corrected chi connectivity index (χ1v) is 9.57. The van der Waals surface area contributed by atoms with Crippen LogP contribution < -0.4 is 11.0 Å². The number of hydrogen-bond donors (Lipinski definition) is 2. The van der Waals surface area contributed by atoms with E-state index in [4.69, 9.17) is 0 Å². The zero-order valence-electron chi connectivity index (χ0n) is 13.0. The van der Waals surface area contributed by atoms with Crippen LogP contribution in [0, 0.1) is 6.92 Å². The number of aromatic nitrogens is 2. The molecule has 0 spiro atoms. The van der Waals surface area contributed by atoms with Crippen molar-refractivity contribution in [3.8, 4) is 0 Å². The van der Waals surface area contributed by atoms with Gasteiger partial charge < -0.3 is 9.97 Å². The maximum atomic E-state index is 13.1. The summed E-state index contributed by atoms with van der Waals surface area (Å²) in [6.07, 6.45) is 0.457. The van der Waals surface area contributed by atoms with Gasteiger partial charge in [0.15, 0.2) is 15.3 Å². The van der Waals surface area contributed by atoms with E-state index in [2.05, 4.69) is 9.97 Å². The summed E-state index contributed by atoms with van der Waals surface area (Å²) in [6.45, 7) is 1.74. The van der Waals surface area contributed by atoms with Crippen LogP contribution in [0.25, 0.3) is 21.8 Å². The van der Waals surface area contributed by atoms with Crippen LogP contribution in [0.1, 0.15) is 23.6 Å². The van der Waals surface area contributed by atoms with Gasteiger partial charge in [0, 0.05) is 27.9 Å². The highest BCUT2D eigenvalue weighted by Gasteiger charge is 2.32. The second-order valence-corrected chi connectivity index (χ2v) is 8.57.